The van der Waals surface area contributed by atoms with E-state index in [0.29, 0.717) is 5.69 Å². The van der Waals surface area contributed by atoms with E-state index < -0.39 is 5.97 Å². The van der Waals surface area contributed by atoms with Crippen molar-refractivity contribution in [1.82, 2.24) is 0 Å². The van der Waals surface area contributed by atoms with Crippen molar-refractivity contribution in [2.75, 3.05) is 17.6 Å². The van der Waals surface area contributed by atoms with Crippen LogP contribution in [0.2, 0.25) is 0 Å². The van der Waals surface area contributed by atoms with Crippen LogP contribution < -0.4 is 11.1 Å². The molecule has 21 heavy (non-hydrogen) atoms. The van der Waals surface area contributed by atoms with Gasteiger partial charge in [0, 0.05) is 17.9 Å². The Kier molecular flexibility index (Phi) is 4.48. The van der Waals surface area contributed by atoms with E-state index in [9.17, 15) is 4.79 Å². The average Bonchev–Trinajstić information content (AvgIpc) is 2.44. The summed E-state index contributed by atoms with van der Waals surface area (Å²) in [5.41, 5.74) is 10.4. The van der Waals surface area contributed by atoms with Crippen molar-refractivity contribution < 1.29 is 9.90 Å². The monoisotopic (exact) mass is 284 g/mol. The summed E-state index contributed by atoms with van der Waals surface area (Å²) in [7, 11) is 0. The predicted molar refractivity (Wildman–Crippen MR) is 85.9 cm³/mol. The summed E-state index contributed by atoms with van der Waals surface area (Å²) >= 11 is 0. The van der Waals surface area contributed by atoms with Gasteiger partial charge in [-0.15, -0.1) is 0 Å². The zero-order valence-electron chi connectivity index (χ0n) is 12.3. The van der Waals surface area contributed by atoms with E-state index in [4.69, 9.17) is 10.8 Å². The number of benzene rings is 2. The maximum absolute atomic E-state index is 11.2. The summed E-state index contributed by atoms with van der Waals surface area (Å²) in [6, 6.07) is 11.7. The Morgan fingerprint density at radius 3 is 2.57 bits per heavy atom. The molecule has 0 unspecified atom stereocenters. The lowest BCUT2D eigenvalue weighted by atomic mass is 10.1. The van der Waals surface area contributed by atoms with Gasteiger partial charge in [0.1, 0.15) is 0 Å². The molecule has 0 bridgehead atoms. The number of nitrogens with one attached hydrogen (secondary N) is 1. The Morgan fingerprint density at radius 1 is 1.19 bits per heavy atom. The van der Waals surface area contributed by atoms with Gasteiger partial charge in [-0.05, 0) is 49.1 Å². The molecular formula is C17H20N2O2. The van der Waals surface area contributed by atoms with E-state index in [0.717, 1.165) is 24.2 Å². The molecule has 0 saturated carbocycles. The molecule has 4 heteroatoms. The number of aryl methyl sites for hydroxylation is 2. The summed E-state index contributed by atoms with van der Waals surface area (Å²) in [5.74, 6) is -1.00. The number of rotatable bonds is 5. The quantitative estimate of drug-likeness (QED) is 0.737. The Balaban J connectivity index is 2.07. The van der Waals surface area contributed by atoms with Crippen molar-refractivity contribution in [3.05, 3.63) is 58.7 Å². The maximum atomic E-state index is 11.2. The van der Waals surface area contributed by atoms with E-state index in [2.05, 4.69) is 24.4 Å². The van der Waals surface area contributed by atoms with Gasteiger partial charge in [0.15, 0.2) is 0 Å². The second-order valence-corrected chi connectivity index (χ2v) is 5.16. The Hall–Kier alpha value is -2.49. The second-order valence-electron chi connectivity index (χ2n) is 5.16. The minimum absolute atomic E-state index is 0.147. The first kappa shape index (κ1) is 14.9. The Morgan fingerprint density at radius 2 is 1.90 bits per heavy atom. The first-order chi connectivity index (χ1) is 9.99. The van der Waals surface area contributed by atoms with Crippen LogP contribution in [0.5, 0.6) is 0 Å². The van der Waals surface area contributed by atoms with Crippen LogP contribution in [0, 0.1) is 13.8 Å². The highest BCUT2D eigenvalue weighted by atomic mass is 16.4. The molecule has 0 aliphatic carbocycles. The standard InChI is InChI=1S/C17H20N2O2/c1-11-5-3-4-6-13(11)7-8-19-14-9-12(2)16(18)15(10-14)17(20)21/h3-6,9-10,19H,7-8,18H2,1-2H3,(H,20,21). The molecule has 0 heterocycles. The number of aromatic carboxylic acids is 1. The fourth-order valence-electron chi connectivity index (χ4n) is 2.31. The number of nitrogens with two attached hydrogens (primary N) is 1. The van der Waals surface area contributed by atoms with Gasteiger partial charge in [0.25, 0.3) is 0 Å². The van der Waals surface area contributed by atoms with E-state index in [1.165, 1.54) is 11.1 Å². The third kappa shape index (κ3) is 3.54. The topological polar surface area (TPSA) is 75.3 Å². The molecule has 4 nitrogen and oxygen atoms in total. The highest BCUT2D eigenvalue weighted by Crippen LogP contribution is 2.23. The van der Waals surface area contributed by atoms with Crippen molar-refractivity contribution in [3.63, 3.8) is 0 Å². The van der Waals surface area contributed by atoms with Gasteiger partial charge >= 0.3 is 5.97 Å². The minimum atomic E-state index is -1.00. The van der Waals surface area contributed by atoms with Crippen LogP contribution in [0.3, 0.4) is 0 Å². The summed E-state index contributed by atoms with van der Waals surface area (Å²) in [6.45, 7) is 4.65. The van der Waals surface area contributed by atoms with Crippen LogP contribution in [-0.4, -0.2) is 17.6 Å². The molecule has 0 radical (unpaired) electrons. The summed E-state index contributed by atoms with van der Waals surface area (Å²) < 4.78 is 0. The van der Waals surface area contributed by atoms with E-state index in [-0.39, 0.29) is 5.56 Å². The van der Waals surface area contributed by atoms with E-state index in [1.54, 1.807) is 6.07 Å². The summed E-state index contributed by atoms with van der Waals surface area (Å²) in [6.07, 6.45) is 0.887. The van der Waals surface area contributed by atoms with Crippen molar-refractivity contribution in [1.29, 1.82) is 0 Å². The number of carboxylic acid groups (broad SMARTS) is 1. The van der Waals surface area contributed by atoms with E-state index in [1.807, 2.05) is 25.1 Å². The van der Waals surface area contributed by atoms with Gasteiger partial charge in [0.05, 0.1) is 5.56 Å². The Bertz CT molecular complexity index is 666. The smallest absolute Gasteiger partial charge is 0.337 e. The molecule has 0 atom stereocenters. The molecule has 2 aromatic carbocycles. The number of anilines is 2. The Labute approximate surface area is 124 Å². The normalized spacial score (nSPS) is 10.4. The lowest BCUT2D eigenvalue weighted by Crippen LogP contribution is -2.09. The van der Waals surface area contributed by atoms with Crippen LogP contribution in [0.4, 0.5) is 11.4 Å². The first-order valence-corrected chi connectivity index (χ1v) is 6.91. The lowest BCUT2D eigenvalue weighted by Gasteiger charge is -2.12. The lowest BCUT2D eigenvalue weighted by molar-refractivity contribution is 0.0698. The van der Waals surface area contributed by atoms with Gasteiger partial charge in [0.2, 0.25) is 0 Å². The number of nitrogen functional groups attached to an aromatic ring is 1. The third-order valence-electron chi connectivity index (χ3n) is 3.60. The largest absolute Gasteiger partial charge is 0.478 e. The number of hydrogen-bond donors (Lipinski definition) is 3. The highest BCUT2D eigenvalue weighted by Gasteiger charge is 2.11. The van der Waals surface area contributed by atoms with Crippen molar-refractivity contribution in [2.45, 2.75) is 20.3 Å². The van der Waals surface area contributed by atoms with Gasteiger partial charge < -0.3 is 16.2 Å². The molecular weight excluding hydrogens is 264 g/mol. The minimum Gasteiger partial charge on any atom is -0.478 e. The molecule has 0 amide bonds. The average molecular weight is 284 g/mol. The molecule has 110 valence electrons. The molecule has 0 spiro atoms. The van der Waals surface area contributed by atoms with Crippen LogP contribution in [0.15, 0.2) is 36.4 Å². The van der Waals surface area contributed by atoms with Gasteiger partial charge in [-0.25, -0.2) is 4.79 Å². The molecule has 0 aliphatic rings. The van der Waals surface area contributed by atoms with Gasteiger partial charge in [-0.1, -0.05) is 24.3 Å². The SMILES string of the molecule is Cc1ccccc1CCNc1cc(C)c(N)c(C(=O)O)c1. The van der Waals surface area contributed by atoms with Crippen LogP contribution >= 0.6 is 0 Å². The van der Waals surface area contributed by atoms with Gasteiger partial charge in [-0.2, -0.15) is 0 Å². The molecule has 0 saturated heterocycles. The van der Waals surface area contributed by atoms with Crippen molar-refractivity contribution in [2.24, 2.45) is 0 Å². The molecule has 2 rings (SSSR count). The summed E-state index contributed by atoms with van der Waals surface area (Å²) in [4.78, 5) is 11.2. The second kappa shape index (κ2) is 6.31. The maximum Gasteiger partial charge on any atom is 0.337 e. The van der Waals surface area contributed by atoms with Crippen LogP contribution in [0.25, 0.3) is 0 Å². The fraction of sp³-hybridized carbons (Fsp3) is 0.235. The van der Waals surface area contributed by atoms with Crippen LogP contribution in [-0.2, 0) is 6.42 Å². The van der Waals surface area contributed by atoms with Crippen LogP contribution in [0.1, 0.15) is 27.0 Å². The molecule has 4 N–H and O–H groups in total. The molecule has 2 aromatic rings. The number of carbonyl (C=O) groups is 1. The summed E-state index contributed by atoms with van der Waals surface area (Å²) in [5, 5.41) is 12.4. The third-order valence-corrected chi connectivity index (χ3v) is 3.60. The number of carboxylic acids is 1. The van der Waals surface area contributed by atoms with E-state index >= 15 is 0 Å². The molecule has 0 aromatic heterocycles. The highest BCUT2D eigenvalue weighted by molar-refractivity contribution is 5.95. The zero-order chi connectivity index (χ0) is 15.4. The van der Waals surface area contributed by atoms with Crippen molar-refractivity contribution >= 4 is 17.3 Å². The fourth-order valence-corrected chi connectivity index (χ4v) is 2.31. The molecule has 0 fully saturated rings. The predicted octanol–water partition coefficient (Wildman–Crippen LogP) is 3.24. The molecule has 0 aliphatic heterocycles. The number of hydrogen-bond acceptors (Lipinski definition) is 3. The first-order valence-electron chi connectivity index (χ1n) is 6.91. The zero-order valence-corrected chi connectivity index (χ0v) is 12.3. The van der Waals surface area contributed by atoms with Crippen molar-refractivity contribution in [3.8, 4) is 0 Å². The van der Waals surface area contributed by atoms with Gasteiger partial charge in [-0.3, -0.25) is 0 Å².